The molecule has 2 bridgehead atoms. The molecule has 0 saturated heterocycles. The van der Waals surface area contributed by atoms with Crippen molar-refractivity contribution in [2.45, 2.75) is 51.1 Å². The molecule has 0 aromatic heterocycles. The standard InChI is InChI=1S/C11H20N2O/c1-2-9(12)11(14)13-10-6-7-3-4-8(10)5-7/h7-10H,2-6,12H2,1H3,(H,13,14)/t7?,8?,9-,10?/m1/s1. The Morgan fingerprint density at radius 3 is 2.79 bits per heavy atom. The van der Waals surface area contributed by atoms with Gasteiger partial charge in [-0.15, -0.1) is 0 Å². The molecule has 2 saturated carbocycles. The Balaban J connectivity index is 1.84. The number of fused-ring (bicyclic) bond motifs is 2. The highest BCUT2D eigenvalue weighted by Crippen LogP contribution is 2.44. The topological polar surface area (TPSA) is 55.1 Å². The Kier molecular flexibility index (Phi) is 2.77. The average molecular weight is 196 g/mol. The highest BCUT2D eigenvalue weighted by atomic mass is 16.2. The van der Waals surface area contributed by atoms with Crippen molar-refractivity contribution in [1.82, 2.24) is 5.32 Å². The van der Waals surface area contributed by atoms with E-state index in [-0.39, 0.29) is 11.9 Å². The summed E-state index contributed by atoms with van der Waals surface area (Å²) in [6, 6.07) is 0.118. The normalized spacial score (nSPS) is 37.1. The number of hydrogen-bond acceptors (Lipinski definition) is 2. The SMILES string of the molecule is CC[C@@H](N)C(=O)NC1CC2CCC1C2. The Hall–Kier alpha value is -0.570. The Morgan fingerprint density at radius 1 is 1.50 bits per heavy atom. The molecule has 0 aliphatic heterocycles. The van der Waals surface area contributed by atoms with Crippen LogP contribution in [0.2, 0.25) is 0 Å². The van der Waals surface area contributed by atoms with Crippen LogP contribution in [0.5, 0.6) is 0 Å². The molecule has 2 aliphatic carbocycles. The number of carbonyl (C=O) groups excluding carboxylic acids is 1. The first-order chi connectivity index (χ1) is 6.70. The fraction of sp³-hybridized carbons (Fsp3) is 0.909. The summed E-state index contributed by atoms with van der Waals surface area (Å²) in [5.74, 6) is 1.67. The molecule has 3 N–H and O–H groups in total. The maximum absolute atomic E-state index is 11.6. The second-order valence-electron chi connectivity index (χ2n) is 4.80. The quantitative estimate of drug-likeness (QED) is 0.708. The predicted molar refractivity (Wildman–Crippen MR) is 55.6 cm³/mol. The summed E-state index contributed by atoms with van der Waals surface area (Å²) in [7, 11) is 0. The molecule has 0 heterocycles. The summed E-state index contributed by atoms with van der Waals surface area (Å²) in [6.45, 7) is 1.95. The lowest BCUT2D eigenvalue weighted by Gasteiger charge is -2.24. The predicted octanol–water partition coefficient (Wildman–Crippen LogP) is 1.03. The third-order valence-corrected chi connectivity index (χ3v) is 3.84. The number of rotatable bonds is 3. The van der Waals surface area contributed by atoms with E-state index in [0.717, 1.165) is 18.3 Å². The number of amides is 1. The lowest BCUT2D eigenvalue weighted by atomic mass is 9.95. The molecule has 4 atom stereocenters. The number of nitrogens with two attached hydrogens (primary N) is 1. The van der Waals surface area contributed by atoms with Gasteiger partial charge in [-0.05, 0) is 37.5 Å². The molecule has 3 nitrogen and oxygen atoms in total. The largest absolute Gasteiger partial charge is 0.352 e. The third-order valence-electron chi connectivity index (χ3n) is 3.84. The van der Waals surface area contributed by atoms with Crippen LogP contribution in [-0.2, 0) is 4.79 Å². The monoisotopic (exact) mass is 196 g/mol. The molecule has 2 fully saturated rings. The molecule has 3 heteroatoms. The third kappa shape index (κ3) is 1.78. The Morgan fingerprint density at radius 2 is 2.29 bits per heavy atom. The van der Waals surface area contributed by atoms with Gasteiger partial charge < -0.3 is 11.1 Å². The zero-order valence-corrected chi connectivity index (χ0v) is 8.83. The van der Waals surface area contributed by atoms with E-state index in [4.69, 9.17) is 5.73 Å². The summed E-state index contributed by atoms with van der Waals surface area (Å²) >= 11 is 0. The highest BCUT2D eigenvalue weighted by Gasteiger charge is 2.40. The Bertz CT molecular complexity index is 229. The van der Waals surface area contributed by atoms with Gasteiger partial charge in [-0.2, -0.15) is 0 Å². The molecule has 80 valence electrons. The summed E-state index contributed by atoms with van der Waals surface area (Å²) < 4.78 is 0. The molecular formula is C11H20N2O. The second-order valence-corrected chi connectivity index (χ2v) is 4.80. The van der Waals surface area contributed by atoms with E-state index in [1.807, 2.05) is 6.92 Å². The first-order valence-electron chi connectivity index (χ1n) is 5.76. The van der Waals surface area contributed by atoms with Crippen molar-refractivity contribution in [3.8, 4) is 0 Å². The van der Waals surface area contributed by atoms with Gasteiger partial charge in [0.1, 0.15) is 0 Å². The van der Waals surface area contributed by atoms with Crippen LogP contribution >= 0.6 is 0 Å². The summed E-state index contributed by atoms with van der Waals surface area (Å²) in [6.07, 6.45) is 5.92. The van der Waals surface area contributed by atoms with Gasteiger partial charge in [0.15, 0.2) is 0 Å². The van der Waals surface area contributed by atoms with Crippen LogP contribution in [0.1, 0.15) is 39.0 Å². The van der Waals surface area contributed by atoms with E-state index >= 15 is 0 Å². The minimum absolute atomic E-state index is 0.0463. The van der Waals surface area contributed by atoms with Gasteiger partial charge in [-0.3, -0.25) is 4.79 Å². The molecule has 0 aromatic rings. The second kappa shape index (κ2) is 3.89. The van der Waals surface area contributed by atoms with Gasteiger partial charge in [-0.25, -0.2) is 0 Å². The van der Waals surface area contributed by atoms with Crippen molar-refractivity contribution in [2.75, 3.05) is 0 Å². The Labute approximate surface area is 85.4 Å². The van der Waals surface area contributed by atoms with Crippen molar-refractivity contribution in [1.29, 1.82) is 0 Å². The van der Waals surface area contributed by atoms with E-state index in [1.165, 1.54) is 25.7 Å². The molecule has 2 rings (SSSR count). The molecule has 2 aliphatic rings. The van der Waals surface area contributed by atoms with Crippen molar-refractivity contribution in [2.24, 2.45) is 17.6 Å². The zero-order valence-electron chi connectivity index (χ0n) is 8.83. The van der Waals surface area contributed by atoms with Gasteiger partial charge >= 0.3 is 0 Å². The van der Waals surface area contributed by atoms with Gasteiger partial charge in [0, 0.05) is 6.04 Å². The highest BCUT2D eigenvalue weighted by molar-refractivity contribution is 5.81. The maximum atomic E-state index is 11.6. The van der Waals surface area contributed by atoms with E-state index < -0.39 is 0 Å². The lowest BCUT2D eigenvalue weighted by Crippen LogP contribution is -2.46. The molecular weight excluding hydrogens is 176 g/mol. The molecule has 0 aromatic carbocycles. The van der Waals surface area contributed by atoms with Gasteiger partial charge in [0.2, 0.25) is 5.91 Å². The van der Waals surface area contributed by atoms with Crippen LogP contribution in [0, 0.1) is 11.8 Å². The van der Waals surface area contributed by atoms with Crippen LogP contribution in [-0.4, -0.2) is 18.0 Å². The number of carbonyl (C=O) groups is 1. The zero-order chi connectivity index (χ0) is 10.1. The summed E-state index contributed by atoms with van der Waals surface area (Å²) in [5.41, 5.74) is 5.68. The minimum Gasteiger partial charge on any atom is -0.352 e. The minimum atomic E-state index is -0.311. The number of hydrogen-bond donors (Lipinski definition) is 2. The van der Waals surface area contributed by atoms with E-state index in [2.05, 4.69) is 5.32 Å². The van der Waals surface area contributed by atoms with Crippen LogP contribution in [0.3, 0.4) is 0 Å². The summed E-state index contributed by atoms with van der Waals surface area (Å²) in [4.78, 5) is 11.6. The van der Waals surface area contributed by atoms with Crippen molar-refractivity contribution >= 4 is 5.91 Å². The molecule has 0 spiro atoms. The van der Waals surface area contributed by atoms with Gasteiger partial charge in [-0.1, -0.05) is 13.3 Å². The van der Waals surface area contributed by atoms with E-state index in [0.29, 0.717) is 6.04 Å². The molecule has 1 amide bonds. The first kappa shape index (κ1) is 9.97. The van der Waals surface area contributed by atoms with Gasteiger partial charge in [0.05, 0.1) is 6.04 Å². The maximum Gasteiger partial charge on any atom is 0.237 e. The summed E-state index contributed by atoms with van der Waals surface area (Å²) in [5, 5.41) is 3.10. The van der Waals surface area contributed by atoms with Crippen LogP contribution < -0.4 is 11.1 Å². The first-order valence-corrected chi connectivity index (χ1v) is 5.76. The smallest absolute Gasteiger partial charge is 0.237 e. The van der Waals surface area contributed by atoms with Gasteiger partial charge in [0.25, 0.3) is 0 Å². The molecule has 3 unspecified atom stereocenters. The fourth-order valence-electron chi connectivity index (χ4n) is 2.90. The molecule has 14 heavy (non-hydrogen) atoms. The molecule has 0 radical (unpaired) electrons. The van der Waals surface area contributed by atoms with Crippen LogP contribution in [0.15, 0.2) is 0 Å². The van der Waals surface area contributed by atoms with E-state index in [9.17, 15) is 4.79 Å². The lowest BCUT2D eigenvalue weighted by molar-refractivity contribution is -0.123. The van der Waals surface area contributed by atoms with Crippen molar-refractivity contribution in [3.05, 3.63) is 0 Å². The van der Waals surface area contributed by atoms with E-state index in [1.54, 1.807) is 0 Å². The van der Waals surface area contributed by atoms with Crippen molar-refractivity contribution < 1.29 is 4.79 Å². The fourth-order valence-corrected chi connectivity index (χ4v) is 2.90. The number of nitrogens with one attached hydrogen (secondary N) is 1. The average Bonchev–Trinajstić information content (AvgIpc) is 2.77. The van der Waals surface area contributed by atoms with Crippen LogP contribution in [0.4, 0.5) is 0 Å². The van der Waals surface area contributed by atoms with Crippen LogP contribution in [0.25, 0.3) is 0 Å². The van der Waals surface area contributed by atoms with Crippen molar-refractivity contribution in [3.63, 3.8) is 0 Å².